The minimum atomic E-state index is -0.686. The number of thiocarbonyl (C=S) groups is 1. The van der Waals surface area contributed by atoms with E-state index < -0.39 is 5.72 Å². The summed E-state index contributed by atoms with van der Waals surface area (Å²) in [5, 5.41) is 11.5. The number of ether oxygens (including phenoxy) is 1. The highest BCUT2D eigenvalue weighted by molar-refractivity contribution is 7.79. The van der Waals surface area contributed by atoms with Gasteiger partial charge in [0.15, 0.2) is 11.4 Å². The number of fused-ring (bicyclic) bond motifs is 2. The van der Waals surface area contributed by atoms with Gasteiger partial charge in [-0.15, -0.1) is 0 Å². The smallest absolute Gasteiger partial charge is 0.186 e. The summed E-state index contributed by atoms with van der Waals surface area (Å²) in [4.78, 5) is 11.3. The van der Waals surface area contributed by atoms with E-state index in [0.29, 0.717) is 17.2 Å². The van der Waals surface area contributed by atoms with E-state index in [1.54, 1.807) is 5.49 Å². The van der Waals surface area contributed by atoms with E-state index in [1.165, 1.54) is 0 Å². The Kier molecular flexibility index (Phi) is 4.93. The summed E-state index contributed by atoms with van der Waals surface area (Å²) in [6, 6.07) is 6.08. The van der Waals surface area contributed by atoms with Crippen LogP contribution in [0.2, 0.25) is 0 Å². The predicted molar refractivity (Wildman–Crippen MR) is 125 cm³/mol. The van der Waals surface area contributed by atoms with Gasteiger partial charge in [-0.1, -0.05) is 12.2 Å². The number of rotatable bonds is 3. The van der Waals surface area contributed by atoms with Crippen LogP contribution in [0.4, 0.5) is 5.82 Å². The molecule has 6 heteroatoms. The molecule has 156 valence electrons. The van der Waals surface area contributed by atoms with Gasteiger partial charge in [-0.25, -0.2) is 9.97 Å². The molecule has 0 radical (unpaired) electrons. The predicted octanol–water partition coefficient (Wildman–Crippen LogP) is 5.38. The van der Waals surface area contributed by atoms with Gasteiger partial charge >= 0.3 is 0 Å². The van der Waals surface area contributed by atoms with Crippen molar-refractivity contribution >= 4 is 34.6 Å². The summed E-state index contributed by atoms with van der Waals surface area (Å²) in [5.74, 6) is 1.91. The van der Waals surface area contributed by atoms with Gasteiger partial charge in [-0.3, -0.25) is 4.90 Å². The lowest BCUT2D eigenvalue weighted by molar-refractivity contribution is 0.0739. The van der Waals surface area contributed by atoms with E-state index in [4.69, 9.17) is 21.9 Å². The fraction of sp³-hybridized carbons (Fsp3) is 0.375. The van der Waals surface area contributed by atoms with Crippen molar-refractivity contribution in [2.24, 2.45) is 0 Å². The number of aromatic hydroxyl groups is 1. The van der Waals surface area contributed by atoms with E-state index in [-0.39, 0.29) is 0 Å². The highest BCUT2D eigenvalue weighted by Crippen LogP contribution is 2.44. The van der Waals surface area contributed by atoms with Crippen molar-refractivity contribution < 1.29 is 9.84 Å². The maximum absolute atomic E-state index is 10.4. The van der Waals surface area contributed by atoms with Gasteiger partial charge in [0.05, 0.1) is 5.49 Å². The van der Waals surface area contributed by atoms with Crippen LogP contribution in [-0.2, 0) is 6.42 Å². The topological polar surface area (TPSA) is 58.5 Å². The molecule has 30 heavy (non-hydrogen) atoms. The monoisotopic (exact) mass is 421 g/mol. The molecular formula is C24H27N3O2S. The van der Waals surface area contributed by atoms with Crippen LogP contribution in [0.1, 0.15) is 46.9 Å². The Balaban J connectivity index is 1.79. The third-order valence-corrected chi connectivity index (χ3v) is 6.57. The quantitative estimate of drug-likeness (QED) is 0.573. The Morgan fingerprint density at radius 1 is 1.10 bits per heavy atom. The number of aromatic nitrogens is 2. The normalized spacial score (nSPS) is 18.1. The van der Waals surface area contributed by atoms with Crippen molar-refractivity contribution in [1.82, 2.24) is 9.97 Å². The maximum Gasteiger partial charge on any atom is 0.186 e. The van der Waals surface area contributed by atoms with Gasteiger partial charge in [0.2, 0.25) is 0 Å². The first kappa shape index (κ1) is 20.5. The van der Waals surface area contributed by atoms with Crippen molar-refractivity contribution in [2.45, 2.75) is 60.1 Å². The molecule has 5 nitrogen and oxygen atoms in total. The number of anilines is 1. The zero-order valence-electron chi connectivity index (χ0n) is 18.3. The summed E-state index contributed by atoms with van der Waals surface area (Å²) >= 11 is 5.41. The van der Waals surface area contributed by atoms with E-state index >= 15 is 0 Å². The molecule has 2 aromatic heterocycles. The Morgan fingerprint density at radius 3 is 2.53 bits per heavy atom. The van der Waals surface area contributed by atoms with E-state index in [2.05, 4.69) is 18.0 Å². The first-order valence-electron chi connectivity index (χ1n) is 10.2. The lowest BCUT2D eigenvalue weighted by Gasteiger charge is -2.43. The Hall–Kier alpha value is -2.73. The number of nitrogens with zero attached hydrogens (tertiary/aromatic N) is 3. The molecule has 3 heterocycles. The van der Waals surface area contributed by atoms with Gasteiger partial charge in [0.1, 0.15) is 17.3 Å². The molecule has 1 unspecified atom stereocenters. The van der Waals surface area contributed by atoms with E-state index in [0.717, 1.165) is 57.5 Å². The fourth-order valence-corrected chi connectivity index (χ4v) is 4.70. The largest absolute Gasteiger partial charge is 0.507 e. The van der Waals surface area contributed by atoms with Gasteiger partial charge in [0.25, 0.3) is 0 Å². The molecule has 0 bridgehead atoms. The van der Waals surface area contributed by atoms with Crippen LogP contribution >= 0.6 is 12.2 Å². The molecule has 1 aliphatic heterocycles. The third kappa shape index (κ3) is 3.10. The van der Waals surface area contributed by atoms with Crippen LogP contribution in [0.15, 0.2) is 18.2 Å². The number of benzene rings is 1. The van der Waals surface area contributed by atoms with Crippen LogP contribution in [0, 0.1) is 34.6 Å². The number of phenols is 1. The molecule has 0 spiro atoms. The van der Waals surface area contributed by atoms with Crippen molar-refractivity contribution in [3.63, 3.8) is 0 Å². The lowest BCUT2D eigenvalue weighted by Crippen LogP contribution is -2.53. The Bertz CT molecular complexity index is 1190. The van der Waals surface area contributed by atoms with Crippen molar-refractivity contribution in [3.8, 4) is 11.5 Å². The van der Waals surface area contributed by atoms with E-state index in [1.807, 2.05) is 51.7 Å². The Labute approximate surface area is 182 Å². The van der Waals surface area contributed by atoms with Crippen LogP contribution in [0.3, 0.4) is 0 Å². The SMILES string of the molecule is Cc1cc(C)c2ccc(N(C=S)C3(C)CCc4c(C)c(O)c(C)c(C)c4O3)nc2n1. The Morgan fingerprint density at radius 2 is 1.83 bits per heavy atom. The van der Waals surface area contributed by atoms with Crippen LogP contribution in [0.5, 0.6) is 11.5 Å². The molecule has 0 aliphatic carbocycles. The van der Waals surface area contributed by atoms with Gasteiger partial charge < -0.3 is 9.84 Å². The standard InChI is InChI=1S/C24H27N3O2S/c1-13-11-14(2)25-23-18(13)7-8-20(26-23)27(12-30)24(6)10-9-19-17(5)21(28)15(3)16(4)22(19)29-24/h7-8,11-12,28H,9-10H2,1-6H3. The molecule has 1 aliphatic rings. The highest BCUT2D eigenvalue weighted by atomic mass is 32.1. The molecule has 1 atom stereocenters. The second-order valence-electron chi connectivity index (χ2n) is 8.40. The minimum absolute atomic E-state index is 0.359. The summed E-state index contributed by atoms with van der Waals surface area (Å²) in [5.41, 5.74) is 7.49. The van der Waals surface area contributed by atoms with Gasteiger partial charge in [0, 0.05) is 23.1 Å². The first-order chi connectivity index (χ1) is 14.2. The van der Waals surface area contributed by atoms with Gasteiger partial charge in [-0.05, 0) is 88.4 Å². The molecule has 3 aromatic rings. The zero-order valence-corrected chi connectivity index (χ0v) is 19.1. The maximum atomic E-state index is 10.4. The molecule has 0 fully saturated rings. The average Bonchev–Trinajstić information content (AvgIpc) is 2.70. The molecule has 4 rings (SSSR count). The highest BCUT2D eigenvalue weighted by Gasteiger charge is 2.39. The summed E-state index contributed by atoms with van der Waals surface area (Å²) in [6.45, 7) is 11.9. The lowest BCUT2D eigenvalue weighted by atomic mass is 9.89. The second-order valence-corrected chi connectivity index (χ2v) is 8.62. The number of hydrogen-bond donors (Lipinski definition) is 1. The van der Waals surface area contributed by atoms with Crippen molar-refractivity contribution in [1.29, 1.82) is 0 Å². The van der Waals surface area contributed by atoms with Crippen LogP contribution < -0.4 is 9.64 Å². The number of pyridine rings is 2. The average molecular weight is 422 g/mol. The molecular weight excluding hydrogens is 394 g/mol. The molecule has 1 aromatic carbocycles. The first-order valence-corrected chi connectivity index (χ1v) is 10.6. The van der Waals surface area contributed by atoms with E-state index in [9.17, 15) is 5.11 Å². The molecule has 0 saturated heterocycles. The summed E-state index contributed by atoms with van der Waals surface area (Å²) in [7, 11) is 0. The zero-order chi connectivity index (χ0) is 21.8. The van der Waals surface area contributed by atoms with Gasteiger partial charge in [-0.2, -0.15) is 0 Å². The minimum Gasteiger partial charge on any atom is -0.507 e. The van der Waals surface area contributed by atoms with Crippen molar-refractivity contribution in [3.05, 3.63) is 51.7 Å². The van der Waals surface area contributed by atoms with Crippen LogP contribution in [0.25, 0.3) is 11.0 Å². The second kappa shape index (κ2) is 7.20. The summed E-state index contributed by atoms with van der Waals surface area (Å²) in [6.07, 6.45) is 1.51. The molecule has 0 amide bonds. The number of phenolic OH excluding ortho intramolecular Hbond substituents is 1. The number of hydrogen-bond acceptors (Lipinski definition) is 5. The number of aryl methyl sites for hydroxylation is 2. The third-order valence-electron chi connectivity index (χ3n) is 6.36. The van der Waals surface area contributed by atoms with Crippen molar-refractivity contribution in [2.75, 3.05) is 4.90 Å². The molecule has 0 saturated carbocycles. The fourth-order valence-electron chi connectivity index (χ4n) is 4.37. The molecule has 1 N–H and O–H groups in total. The van der Waals surface area contributed by atoms with Crippen LogP contribution in [-0.4, -0.2) is 26.3 Å². The summed E-state index contributed by atoms with van der Waals surface area (Å²) < 4.78 is 6.59.